The zero-order valence-electron chi connectivity index (χ0n) is 21.2. The normalized spacial score (nSPS) is 16.8. The van der Waals surface area contributed by atoms with E-state index in [2.05, 4.69) is 20.0 Å². The third-order valence-electron chi connectivity index (χ3n) is 7.18. The second-order valence-corrected chi connectivity index (χ2v) is 9.89. The highest BCUT2D eigenvalue weighted by Crippen LogP contribution is 2.34. The van der Waals surface area contributed by atoms with Crippen molar-refractivity contribution in [3.8, 4) is 5.75 Å². The average molecular weight is 545 g/mol. The van der Waals surface area contributed by atoms with Crippen LogP contribution in [0.4, 0.5) is 13.2 Å². The number of carbonyl (C=O) groups is 2. The van der Waals surface area contributed by atoms with Gasteiger partial charge in [-0.2, -0.15) is 0 Å². The zero-order valence-corrected chi connectivity index (χ0v) is 21.2. The monoisotopic (exact) mass is 544 g/mol. The van der Waals surface area contributed by atoms with Crippen LogP contribution in [0, 0.1) is 11.8 Å². The van der Waals surface area contributed by atoms with Crippen molar-refractivity contribution in [2.24, 2.45) is 17.6 Å². The van der Waals surface area contributed by atoms with Crippen molar-refractivity contribution in [1.29, 1.82) is 0 Å². The van der Waals surface area contributed by atoms with Crippen molar-refractivity contribution in [2.45, 2.75) is 63.5 Å². The molecule has 11 heteroatoms. The van der Waals surface area contributed by atoms with Crippen LogP contribution in [0.25, 0.3) is 11.0 Å². The van der Waals surface area contributed by atoms with Gasteiger partial charge >= 0.3 is 6.36 Å². The minimum absolute atomic E-state index is 0.00513. The molecule has 1 fully saturated rings. The fraction of sp³-hybridized carbons (Fsp3) is 0.429. The number of nitrogens with one attached hydrogen (secondary N) is 1. The number of carbonyl (C=O) groups excluding carboxylic acids is 2. The van der Waals surface area contributed by atoms with Gasteiger partial charge in [-0.1, -0.05) is 49.6 Å². The first-order chi connectivity index (χ1) is 18.6. The van der Waals surface area contributed by atoms with Crippen molar-refractivity contribution < 1.29 is 32.6 Å². The Morgan fingerprint density at radius 3 is 2.41 bits per heavy atom. The lowest BCUT2D eigenvalue weighted by atomic mass is 9.76. The molecule has 1 heterocycles. The average Bonchev–Trinajstić information content (AvgIpc) is 2.91. The van der Waals surface area contributed by atoms with E-state index in [0.717, 1.165) is 38.2 Å². The molecule has 39 heavy (non-hydrogen) atoms. The van der Waals surface area contributed by atoms with Gasteiger partial charge in [0.25, 0.3) is 5.91 Å². The minimum atomic E-state index is -4.92. The van der Waals surface area contributed by atoms with Gasteiger partial charge in [-0.3, -0.25) is 14.6 Å². The first-order valence-corrected chi connectivity index (χ1v) is 12.9. The summed E-state index contributed by atoms with van der Waals surface area (Å²) in [7, 11) is 0. The number of benzene rings is 2. The van der Waals surface area contributed by atoms with Crippen LogP contribution in [0.3, 0.4) is 0 Å². The molecule has 208 valence electrons. The summed E-state index contributed by atoms with van der Waals surface area (Å²) in [6.07, 6.45) is -0.610. The molecule has 3 aromatic rings. The second kappa shape index (κ2) is 12.4. The van der Waals surface area contributed by atoms with Gasteiger partial charge in [-0.05, 0) is 55.4 Å². The number of amides is 2. The maximum Gasteiger partial charge on any atom is 0.573 e. The number of fused-ring (bicyclic) bond motifs is 1. The fourth-order valence-corrected chi connectivity index (χ4v) is 5.23. The number of aromatic nitrogens is 2. The van der Waals surface area contributed by atoms with E-state index in [1.807, 2.05) is 0 Å². The first kappa shape index (κ1) is 28.3. The number of para-hydroxylation sites is 3. The fourth-order valence-electron chi connectivity index (χ4n) is 5.23. The molecule has 3 atom stereocenters. The van der Waals surface area contributed by atoms with E-state index in [-0.39, 0.29) is 30.0 Å². The Balaban J connectivity index is 1.60. The predicted octanol–water partition coefficient (Wildman–Crippen LogP) is 4.30. The molecule has 4 N–H and O–H groups in total. The van der Waals surface area contributed by atoms with Crippen LogP contribution >= 0.6 is 0 Å². The summed E-state index contributed by atoms with van der Waals surface area (Å²) < 4.78 is 43.3. The van der Waals surface area contributed by atoms with Crippen LogP contribution in [0.1, 0.15) is 54.6 Å². The summed E-state index contributed by atoms with van der Waals surface area (Å²) in [5, 5.41) is 14.0. The van der Waals surface area contributed by atoms with E-state index in [1.165, 1.54) is 24.4 Å². The third-order valence-corrected chi connectivity index (χ3v) is 7.18. The quantitative estimate of drug-likeness (QED) is 0.349. The van der Waals surface area contributed by atoms with Gasteiger partial charge in [0, 0.05) is 5.92 Å². The number of ether oxygens (including phenoxy) is 1. The van der Waals surface area contributed by atoms with E-state index >= 15 is 0 Å². The molecule has 1 aromatic heterocycles. The zero-order chi connectivity index (χ0) is 28.0. The summed E-state index contributed by atoms with van der Waals surface area (Å²) >= 11 is 0. The number of primary amides is 1. The molecule has 3 unspecified atom stereocenters. The number of aliphatic hydroxyl groups is 1. The van der Waals surface area contributed by atoms with E-state index in [9.17, 15) is 27.9 Å². The Morgan fingerprint density at radius 2 is 1.72 bits per heavy atom. The van der Waals surface area contributed by atoms with Crippen LogP contribution < -0.4 is 15.8 Å². The number of aliphatic hydroxyl groups excluding tert-OH is 1. The van der Waals surface area contributed by atoms with Crippen LogP contribution in [0.2, 0.25) is 0 Å². The SMILES string of the molecule is NC(=O)C(CC(O)C(Cc1ccccc1OC(F)(F)F)NC(=O)c1cnc2ccccc2n1)C1CCCCC1. The molecule has 0 spiro atoms. The van der Waals surface area contributed by atoms with Crippen molar-refractivity contribution in [3.63, 3.8) is 0 Å². The molecule has 0 saturated heterocycles. The van der Waals surface area contributed by atoms with Crippen molar-refractivity contribution in [1.82, 2.24) is 15.3 Å². The smallest absolute Gasteiger partial charge is 0.406 e. The number of nitrogens with zero attached hydrogens (tertiary/aromatic N) is 2. The van der Waals surface area contributed by atoms with Gasteiger partial charge < -0.3 is 20.9 Å². The number of nitrogens with two attached hydrogens (primary N) is 1. The molecular formula is C28H31F3N4O4. The highest BCUT2D eigenvalue weighted by Gasteiger charge is 2.35. The van der Waals surface area contributed by atoms with Gasteiger partial charge in [0.05, 0.1) is 29.4 Å². The number of alkyl halides is 3. The summed E-state index contributed by atoms with van der Waals surface area (Å²) in [6, 6.07) is 11.4. The number of hydrogen-bond acceptors (Lipinski definition) is 6. The lowest BCUT2D eigenvalue weighted by molar-refractivity contribution is -0.274. The molecule has 0 aliphatic heterocycles. The number of halogens is 3. The molecule has 1 saturated carbocycles. The van der Waals surface area contributed by atoms with Gasteiger partial charge in [0.15, 0.2) is 0 Å². The highest BCUT2D eigenvalue weighted by atomic mass is 19.4. The van der Waals surface area contributed by atoms with Crippen LogP contribution in [-0.2, 0) is 11.2 Å². The Morgan fingerprint density at radius 1 is 1.05 bits per heavy atom. The number of hydrogen-bond donors (Lipinski definition) is 3. The van der Waals surface area contributed by atoms with Crippen LogP contribution in [-0.4, -0.2) is 45.4 Å². The molecule has 0 bridgehead atoms. The molecular weight excluding hydrogens is 513 g/mol. The maximum absolute atomic E-state index is 13.2. The molecule has 1 aliphatic rings. The Kier molecular flexibility index (Phi) is 9.01. The third kappa shape index (κ3) is 7.66. The minimum Gasteiger partial charge on any atom is -0.406 e. The van der Waals surface area contributed by atoms with E-state index in [4.69, 9.17) is 5.73 Å². The molecule has 8 nitrogen and oxygen atoms in total. The Bertz CT molecular complexity index is 1300. The van der Waals surface area contributed by atoms with Gasteiger partial charge in [0.1, 0.15) is 11.4 Å². The van der Waals surface area contributed by atoms with Crippen molar-refractivity contribution in [3.05, 3.63) is 66.0 Å². The Labute approximate surface area is 223 Å². The Hall–Kier alpha value is -3.73. The molecule has 2 amide bonds. The van der Waals surface area contributed by atoms with E-state index < -0.39 is 42.0 Å². The standard InChI is InChI=1S/C28H31F3N4O4/c29-28(30,31)39-25-13-7-4-10-18(25)14-22(24(36)15-19(26(32)37)17-8-2-1-3-9-17)35-27(38)23-16-33-20-11-5-6-12-21(20)34-23/h4-7,10-13,16-17,19,22,24,36H,1-3,8-9,14-15H2,(H2,32,37)(H,35,38). The van der Waals surface area contributed by atoms with E-state index in [1.54, 1.807) is 24.3 Å². The van der Waals surface area contributed by atoms with Gasteiger partial charge in [0.2, 0.25) is 5.91 Å². The summed E-state index contributed by atoms with van der Waals surface area (Å²) in [6.45, 7) is 0. The largest absolute Gasteiger partial charge is 0.573 e. The maximum atomic E-state index is 13.2. The van der Waals surface area contributed by atoms with Crippen molar-refractivity contribution in [2.75, 3.05) is 0 Å². The number of rotatable bonds is 10. The predicted molar refractivity (Wildman–Crippen MR) is 138 cm³/mol. The van der Waals surface area contributed by atoms with Gasteiger partial charge in [-0.25, -0.2) is 4.98 Å². The van der Waals surface area contributed by atoms with Crippen LogP contribution in [0.15, 0.2) is 54.7 Å². The summed E-state index contributed by atoms with van der Waals surface area (Å²) in [5.41, 5.74) is 6.87. The van der Waals surface area contributed by atoms with Gasteiger partial charge in [-0.15, -0.1) is 13.2 Å². The van der Waals surface area contributed by atoms with Crippen LogP contribution in [0.5, 0.6) is 5.75 Å². The van der Waals surface area contributed by atoms with Crippen molar-refractivity contribution >= 4 is 22.8 Å². The molecule has 1 aliphatic carbocycles. The second-order valence-electron chi connectivity index (χ2n) is 9.89. The highest BCUT2D eigenvalue weighted by molar-refractivity contribution is 5.94. The molecule has 4 rings (SSSR count). The lowest BCUT2D eigenvalue weighted by Gasteiger charge is -2.32. The molecule has 0 radical (unpaired) electrons. The summed E-state index contributed by atoms with van der Waals surface area (Å²) in [5.74, 6) is -2.30. The summed E-state index contributed by atoms with van der Waals surface area (Å²) in [4.78, 5) is 34.1. The lowest BCUT2D eigenvalue weighted by Crippen LogP contribution is -2.47. The topological polar surface area (TPSA) is 127 Å². The first-order valence-electron chi connectivity index (χ1n) is 12.9. The van der Waals surface area contributed by atoms with E-state index in [0.29, 0.717) is 11.0 Å². The molecule has 2 aromatic carbocycles.